The molecule has 1 fully saturated rings. The highest BCUT2D eigenvalue weighted by molar-refractivity contribution is 6.16. The zero-order chi connectivity index (χ0) is 64.9. The molecule has 5 aliphatic carbocycles. The van der Waals surface area contributed by atoms with Crippen molar-refractivity contribution in [1.29, 1.82) is 0 Å². The maximum absolute atomic E-state index is 12.4. The first-order chi connectivity index (χ1) is 45.6. The first kappa shape index (κ1) is 61.3. The summed E-state index contributed by atoms with van der Waals surface area (Å²) in [5.41, 5.74) is 38.8. The van der Waals surface area contributed by atoms with Crippen LogP contribution in [0.5, 0.6) is 0 Å². The normalized spacial score (nSPS) is 16.6. The molecule has 0 radical (unpaired) electrons. The van der Waals surface area contributed by atoms with Crippen LogP contribution in [0.4, 0.5) is 22.7 Å². The lowest BCUT2D eigenvalue weighted by Crippen LogP contribution is -2.11. The first-order valence-electron chi connectivity index (χ1n) is 33.6. The highest BCUT2D eigenvalue weighted by Crippen LogP contribution is 2.50. The summed E-state index contributed by atoms with van der Waals surface area (Å²) in [6.07, 6.45) is 23.0. The van der Waals surface area contributed by atoms with Crippen LogP contribution in [-0.4, -0.2) is 23.6 Å². The number of benzene rings is 8. The molecule has 8 heteroatoms. The maximum atomic E-state index is 12.4. The first-order valence-corrected chi connectivity index (χ1v) is 33.6. The second kappa shape index (κ2) is 25.7. The third-order valence-electron chi connectivity index (χ3n) is 19.7. The van der Waals surface area contributed by atoms with Gasteiger partial charge in [0.25, 0.3) is 0 Å². The van der Waals surface area contributed by atoms with Gasteiger partial charge < -0.3 is 21.3 Å². The number of nitrogens with one attached hydrogen (secondary N) is 4. The SMILES string of the molecule is C/C=C/c1ccc2c(c1)NC(=O)CC1=C2Cc2ccc(C)cc21.C/C=C\c1ccc2c(c1)C1=C(CC(=O)N2)c2cc(C)ccc2C1.CC/C=C/c1ccc2c(c1)C1=C(CC(=O)N2)c2cc(C)ccc2C1.Cc1ccc2c(c1)C1=C(C2)c2cc(CC3CC3)ccc2NC(=O)C1. The zero-order valence-corrected chi connectivity index (χ0v) is 55.0. The minimum atomic E-state index is 0.0724. The molecule has 0 unspecified atom stereocenters. The van der Waals surface area contributed by atoms with E-state index in [9.17, 15) is 19.2 Å². The van der Waals surface area contributed by atoms with Gasteiger partial charge in [-0.2, -0.15) is 0 Å². The lowest BCUT2D eigenvalue weighted by molar-refractivity contribution is -0.116. The van der Waals surface area contributed by atoms with Crippen LogP contribution in [0.2, 0.25) is 0 Å². The molecule has 4 aliphatic heterocycles. The molecule has 0 aromatic heterocycles. The molecule has 8 aromatic rings. The molecule has 1 saturated carbocycles. The molecule has 8 aromatic carbocycles. The van der Waals surface area contributed by atoms with Crippen LogP contribution in [0.3, 0.4) is 0 Å². The predicted octanol–water partition coefficient (Wildman–Crippen LogP) is 19.7. The molecule has 0 atom stereocenters. The number of carbonyl (C=O) groups is 4. The summed E-state index contributed by atoms with van der Waals surface area (Å²) in [6.45, 7) is 14.6. The van der Waals surface area contributed by atoms with Crippen LogP contribution in [0.25, 0.3) is 62.8 Å². The molecule has 8 nitrogen and oxygen atoms in total. The van der Waals surface area contributed by atoms with Crippen LogP contribution in [0.1, 0.15) is 177 Å². The largest absolute Gasteiger partial charge is 0.325 e. The number of carbonyl (C=O) groups excluding carboxylic acids is 4. The van der Waals surface area contributed by atoms with Crippen molar-refractivity contribution < 1.29 is 19.2 Å². The molecule has 4 N–H and O–H groups in total. The number of aryl methyl sites for hydroxylation is 4. The molecule has 0 saturated heterocycles. The van der Waals surface area contributed by atoms with E-state index in [1.807, 2.05) is 38.1 Å². The molecule has 0 spiro atoms. The van der Waals surface area contributed by atoms with E-state index in [0.29, 0.717) is 25.7 Å². The molecule has 468 valence electrons. The van der Waals surface area contributed by atoms with Crippen LogP contribution in [-0.2, 0) is 51.3 Å². The van der Waals surface area contributed by atoms with Crippen LogP contribution < -0.4 is 21.3 Å². The Bertz CT molecular complexity index is 4780. The molecule has 4 heterocycles. The average Bonchev–Trinajstić information content (AvgIpc) is 1.64. The van der Waals surface area contributed by atoms with Crippen molar-refractivity contribution >= 4 is 109 Å². The van der Waals surface area contributed by atoms with E-state index in [4.69, 9.17) is 0 Å². The Morgan fingerprint density at radius 2 is 0.681 bits per heavy atom. The van der Waals surface area contributed by atoms with Crippen molar-refractivity contribution in [3.05, 3.63) is 275 Å². The quantitative estimate of drug-likeness (QED) is 0.133. The van der Waals surface area contributed by atoms with Crippen LogP contribution in [0.15, 0.2) is 164 Å². The van der Waals surface area contributed by atoms with Gasteiger partial charge in [-0.05, 0) is 253 Å². The Balaban J connectivity index is 0.000000108. The Labute approximate surface area is 553 Å². The Hall–Kier alpha value is -10.2. The average molecular weight is 1230 g/mol. The van der Waals surface area contributed by atoms with E-state index in [2.05, 4.69) is 214 Å². The van der Waals surface area contributed by atoms with E-state index in [1.165, 1.54) is 158 Å². The van der Waals surface area contributed by atoms with Crippen molar-refractivity contribution in [1.82, 2.24) is 0 Å². The summed E-state index contributed by atoms with van der Waals surface area (Å²) < 4.78 is 0. The number of amides is 4. The van der Waals surface area contributed by atoms with Crippen molar-refractivity contribution in [2.24, 2.45) is 5.92 Å². The third-order valence-corrected chi connectivity index (χ3v) is 19.7. The van der Waals surface area contributed by atoms with Gasteiger partial charge in [0.1, 0.15) is 0 Å². The fourth-order valence-corrected chi connectivity index (χ4v) is 15.1. The van der Waals surface area contributed by atoms with Crippen LogP contribution in [0, 0.1) is 33.6 Å². The van der Waals surface area contributed by atoms with Crippen molar-refractivity contribution in [3.63, 3.8) is 0 Å². The standard InChI is InChI=1S/2C22H21NO.2C21H19NO/c1-13-2-6-16-11-18-19(17(16)8-13)12-22(24)23-21-7-5-15(10-20(18)21)9-14-3-4-14;1-3-4-5-15-7-9-21-20(11-15)18-12-16-8-6-14(2)10-17(16)19(18)13-22(24)23-21;1-3-4-14-6-8-20-19(10-14)17-11-15-7-5-13(2)9-16(15)18(17)12-21(23)22-20;1-3-4-14-6-8-16-18-11-15-7-5-13(2)9-17(15)19(18)12-21(23)22-20(16)10-14/h2,5-8,10,14H,3-4,9,11-12H2,1H3,(H,23,24);4-11H,3,12-13H2,1-2H3,(H,23,24);2*3-10H,11-12H2,1-2H3,(H,22,23)/b;5-4+;4-3-;4-3+. The van der Waals surface area contributed by atoms with E-state index < -0.39 is 0 Å². The van der Waals surface area contributed by atoms with Crippen molar-refractivity contribution in [3.8, 4) is 0 Å². The van der Waals surface area contributed by atoms with Gasteiger partial charge in [-0.3, -0.25) is 19.2 Å². The van der Waals surface area contributed by atoms with Gasteiger partial charge in [0.2, 0.25) is 23.6 Å². The van der Waals surface area contributed by atoms with Gasteiger partial charge in [0.05, 0.1) is 25.7 Å². The molecule has 0 bridgehead atoms. The van der Waals surface area contributed by atoms with Gasteiger partial charge in [-0.15, -0.1) is 0 Å². The van der Waals surface area contributed by atoms with Crippen molar-refractivity contribution in [2.75, 3.05) is 21.3 Å². The number of hydrogen-bond acceptors (Lipinski definition) is 4. The van der Waals surface area contributed by atoms with Gasteiger partial charge in [-0.25, -0.2) is 0 Å². The number of hydrogen-bond donors (Lipinski definition) is 4. The number of anilines is 4. The summed E-state index contributed by atoms with van der Waals surface area (Å²) in [4.78, 5) is 49.5. The Morgan fingerprint density at radius 3 is 1.07 bits per heavy atom. The van der Waals surface area contributed by atoms with E-state index in [-0.39, 0.29) is 23.6 Å². The molecular formula is C86H80N4O4. The second-order valence-corrected chi connectivity index (χ2v) is 26.8. The van der Waals surface area contributed by atoms with E-state index in [1.54, 1.807) is 0 Å². The highest BCUT2D eigenvalue weighted by atomic mass is 16.2. The van der Waals surface area contributed by atoms with E-state index >= 15 is 0 Å². The number of fused-ring (bicyclic) bond motifs is 16. The fourth-order valence-electron chi connectivity index (χ4n) is 15.1. The summed E-state index contributed by atoms with van der Waals surface area (Å²) in [7, 11) is 0. The van der Waals surface area contributed by atoms with Crippen molar-refractivity contribution in [2.45, 2.75) is 126 Å². The summed E-state index contributed by atoms with van der Waals surface area (Å²) in [5, 5.41) is 12.3. The number of rotatable bonds is 6. The summed E-state index contributed by atoms with van der Waals surface area (Å²) in [6, 6.07) is 51.9. The van der Waals surface area contributed by atoms with Crippen LogP contribution >= 0.6 is 0 Å². The van der Waals surface area contributed by atoms with Gasteiger partial charge in [-0.1, -0.05) is 169 Å². The summed E-state index contributed by atoms with van der Waals surface area (Å²) in [5.74, 6) is 1.20. The van der Waals surface area contributed by atoms with Gasteiger partial charge in [0.15, 0.2) is 0 Å². The smallest absolute Gasteiger partial charge is 0.228 e. The lowest BCUT2D eigenvalue weighted by Gasteiger charge is -2.12. The maximum Gasteiger partial charge on any atom is 0.228 e. The minimum absolute atomic E-state index is 0.0724. The topological polar surface area (TPSA) is 116 Å². The molecule has 4 amide bonds. The Morgan fingerprint density at radius 1 is 0.340 bits per heavy atom. The van der Waals surface area contributed by atoms with E-state index in [0.717, 1.165) is 77.5 Å². The zero-order valence-electron chi connectivity index (χ0n) is 55.0. The predicted molar refractivity (Wildman–Crippen MR) is 391 cm³/mol. The molecular weight excluding hydrogens is 1150 g/mol. The highest BCUT2D eigenvalue weighted by Gasteiger charge is 2.34. The molecule has 17 rings (SSSR count). The summed E-state index contributed by atoms with van der Waals surface area (Å²) >= 11 is 0. The second-order valence-electron chi connectivity index (χ2n) is 26.8. The lowest BCUT2D eigenvalue weighted by atomic mass is 9.95. The fraction of sp³-hybridized carbons (Fsp3) is 0.233. The number of allylic oxidation sites excluding steroid dienone is 7. The molecule has 94 heavy (non-hydrogen) atoms. The Kier molecular flexibility index (Phi) is 16.8. The van der Waals surface area contributed by atoms with Gasteiger partial charge >= 0.3 is 0 Å². The minimum Gasteiger partial charge on any atom is -0.325 e. The third kappa shape index (κ3) is 12.5. The van der Waals surface area contributed by atoms with Gasteiger partial charge in [0, 0.05) is 45.0 Å². The molecule has 9 aliphatic rings. The monoisotopic (exact) mass is 1230 g/mol.